The number of carbonyl (C=O) groups is 2. The van der Waals surface area contributed by atoms with Gasteiger partial charge >= 0.3 is 0 Å². The molecule has 2 amide bonds. The minimum Gasteiger partial charge on any atom is -0.497 e. The van der Waals surface area contributed by atoms with Crippen LogP contribution in [-0.2, 0) is 4.79 Å². The largest absolute Gasteiger partial charge is 0.497 e. The van der Waals surface area contributed by atoms with Gasteiger partial charge < -0.3 is 15.4 Å². The highest BCUT2D eigenvalue weighted by Crippen LogP contribution is 2.26. The van der Waals surface area contributed by atoms with Crippen molar-refractivity contribution in [1.82, 2.24) is 25.2 Å². The molecule has 3 heterocycles. The van der Waals surface area contributed by atoms with Gasteiger partial charge in [-0.3, -0.25) is 9.59 Å². The Morgan fingerprint density at radius 3 is 2.51 bits per heavy atom. The van der Waals surface area contributed by atoms with Gasteiger partial charge in [0, 0.05) is 28.8 Å². The van der Waals surface area contributed by atoms with Gasteiger partial charge in [-0.15, -0.1) is 0 Å². The highest BCUT2D eigenvalue weighted by Gasteiger charge is 2.25. The Kier molecular flexibility index (Phi) is 6.37. The minimum atomic E-state index is -0.594. The highest BCUT2D eigenvalue weighted by atomic mass is 35.5. The molecule has 1 fully saturated rings. The zero-order chi connectivity index (χ0) is 24.4. The van der Waals surface area contributed by atoms with Crippen LogP contribution in [0.2, 0.25) is 5.02 Å². The van der Waals surface area contributed by atoms with Crippen LogP contribution in [0, 0.1) is 0 Å². The maximum atomic E-state index is 13.4. The summed E-state index contributed by atoms with van der Waals surface area (Å²) in [7, 11) is 1.61. The van der Waals surface area contributed by atoms with Crippen molar-refractivity contribution in [3.05, 3.63) is 71.4 Å². The van der Waals surface area contributed by atoms with E-state index in [0.29, 0.717) is 35.0 Å². The monoisotopic (exact) mass is 489 g/mol. The second-order valence-electron chi connectivity index (χ2n) is 8.37. The fourth-order valence-electron chi connectivity index (χ4n) is 4.12. The van der Waals surface area contributed by atoms with Crippen LogP contribution in [0.5, 0.6) is 5.75 Å². The summed E-state index contributed by atoms with van der Waals surface area (Å²) in [6.07, 6.45) is 2.34. The zero-order valence-electron chi connectivity index (χ0n) is 19.1. The first-order valence-corrected chi connectivity index (χ1v) is 11.8. The molecule has 4 aromatic rings. The quantitative estimate of drug-likeness (QED) is 0.439. The van der Waals surface area contributed by atoms with Crippen LogP contribution in [0.15, 0.2) is 60.7 Å². The molecule has 35 heavy (non-hydrogen) atoms. The average Bonchev–Trinajstić information content (AvgIpc) is 3.21. The molecule has 2 aromatic carbocycles. The Morgan fingerprint density at radius 1 is 1.06 bits per heavy atom. The molecular weight excluding hydrogens is 466 g/mol. The number of halogens is 1. The molecule has 9 heteroatoms. The van der Waals surface area contributed by atoms with Gasteiger partial charge in [0.25, 0.3) is 5.91 Å². The fraction of sp³-hybridized carbons (Fsp3) is 0.231. The summed E-state index contributed by atoms with van der Waals surface area (Å²) in [6, 6.07) is 17.7. The standard InChI is InChI=1S/C26H24ClN5O3/c1-35-19-11-7-16(8-12-19)21-14-23(26(34)30-20-4-2-3-13-28-25(20)33)32-24(29-21)15-22(31-32)17-5-9-18(27)10-6-17/h5-12,14-15,20H,2-4,13H2,1H3,(H,28,33)(H,30,34). The Labute approximate surface area is 207 Å². The van der Waals surface area contributed by atoms with Crippen LogP contribution < -0.4 is 15.4 Å². The lowest BCUT2D eigenvalue weighted by Gasteiger charge is -2.16. The number of carbonyl (C=O) groups excluding carboxylic acids is 2. The van der Waals surface area contributed by atoms with E-state index in [4.69, 9.17) is 21.3 Å². The summed E-state index contributed by atoms with van der Waals surface area (Å²) >= 11 is 6.04. The number of hydrogen-bond acceptors (Lipinski definition) is 5. The summed E-state index contributed by atoms with van der Waals surface area (Å²) in [6.45, 7) is 0.621. The molecule has 2 N–H and O–H groups in total. The second kappa shape index (κ2) is 9.76. The molecule has 0 spiro atoms. The van der Waals surface area contributed by atoms with E-state index in [1.807, 2.05) is 42.5 Å². The van der Waals surface area contributed by atoms with Gasteiger partial charge in [-0.2, -0.15) is 5.10 Å². The highest BCUT2D eigenvalue weighted by molar-refractivity contribution is 6.30. The van der Waals surface area contributed by atoms with Crippen LogP contribution in [0.1, 0.15) is 29.8 Å². The van der Waals surface area contributed by atoms with Gasteiger partial charge in [0.15, 0.2) is 5.65 Å². The molecule has 0 radical (unpaired) electrons. The van der Waals surface area contributed by atoms with Crippen molar-refractivity contribution in [2.75, 3.05) is 13.7 Å². The number of rotatable bonds is 5. The first-order chi connectivity index (χ1) is 17.0. The maximum Gasteiger partial charge on any atom is 0.270 e. The molecule has 1 aliphatic heterocycles. The van der Waals surface area contributed by atoms with Crippen molar-refractivity contribution in [2.45, 2.75) is 25.3 Å². The number of nitrogens with one attached hydrogen (secondary N) is 2. The predicted octanol–water partition coefficient (Wildman–Crippen LogP) is 4.12. The van der Waals surface area contributed by atoms with Crippen LogP contribution in [-0.4, -0.2) is 46.1 Å². The van der Waals surface area contributed by atoms with Gasteiger partial charge in [0.05, 0.1) is 18.5 Å². The Hall–Kier alpha value is -3.91. The number of ether oxygens (including phenoxy) is 1. The molecule has 1 unspecified atom stereocenters. The molecule has 178 valence electrons. The van der Waals surface area contributed by atoms with E-state index < -0.39 is 6.04 Å². The van der Waals surface area contributed by atoms with Gasteiger partial charge in [-0.25, -0.2) is 9.50 Å². The zero-order valence-corrected chi connectivity index (χ0v) is 19.9. The number of fused-ring (bicyclic) bond motifs is 1. The number of amides is 2. The lowest BCUT2D eigenvalue weighted by molar-refractivity contribution is -0.122. The Balaban J connectivity index is 1.58. The van der Waals surface area contributed by atoms with E-state index >= 15 is 0 Å². The third kappa shape index (κ3) is 4.83. The van der Waals surface area contributed by atoms with Crippen LogP contribution >= 0.6 is 11.6 Å². The summed E-state index contributed by atoms with van der Waals surface area (Å²) < 4.78 is 6.77. The van der Waals surface area contributed by atoms with Crippen molar-refractivity contribution in [3.8, 4) is 28.3 Å². The summed E-state index contributed by atoms with van der Waals surface area (Å²) in [5.41, 5.74) is 3.74. The van der Waals surface area contributed by atoms with Gasteiger partial charge in [0.2, 0.25) is 5.91 Å². The SMILES string of the molecule is COc1ccc(-c2cc(C(=O)NC3CCCCNC3=O)n3nc(-c4ccc(Cl)cc4)cc3n2)cc1. The van der Waals surface area contributed by atoms with Crippen molar-refractivity contribution < 1.29 is 14.3 Å². The molecule has 1 aliphatic rings. The second-order valence-corrected chi connectivity index (χ2v) is 8.81. The van der Waals surface area contributed by atoms with E-state index in [0.717, 1.165) is 29.7 Å². The topological polar surface area (TPSA) is 97.6 Å². The number of nitrogens with zero attached hydrogens (tertiary/aromatic N) is 3. The summed E-state index contributed by atoms with van der Waals surface area (Å²) in [5, 5.41) is 11.0. The van der Waals surface area contributed by atoms with E-state index in [9.17, 15) is 9.59 Å². The molecule has 0 bridgehead atoms. The van der Waals surface area contributed by atoms with Crippen molar-refractivity contribution in [2.24, 2.45) is 0 Å². The van der Waals surface area contributed by atoms with Gasteiger partial charge in [0.1, 0.15) is 17.5 Å². The van der Waals surface area contributed by atoms with E-state index in [1.54, 1.807) is 25.3 Å². The van der Waals surface area contributed by atoms with E-state index in [2.05, 4.69) is 15.7 Å². The number of benzene rings is 2. The smallest absolute Gasteiger partial charge is 0.270 e. The molecule has 2 aromatic heterocycles. The number of methoxy groups -OCH3 is 1. The molecule has 0 aliphatic carbocycles. The lowest BCUT2D eigenvalue weighted by atomic mass is 10.1. The Bertz CT molecular complexity index is 1380. The van der Waals surface area contributed by atoms with E-state index in [-0.39, 0.29) is 17.5 Å². The van der Waals surface area contributed by atoms with Gasteiger partial charge in [-0.1, -0.05) is 23.7 Å². The summed E-state index contributed by atoms with van der Waals surface area (Å²) in [4.78, 5) is 30.6. The molecule has 1 atom stereocenters. The number of hydrogen-bond donors (Lipinski definition) is 2. The molecule has 0 saturated carbocycles. The lowest BCUT2D eigenvalue weighted by Crippen LogP contribution is -2.45. The van der Waals surface area contributed by atoms with Crippen LogP contribution in [0.25, 0.3) is 28.2 Å². The van der Waals surface area contributed by atoms with E-state index in [1.165, 1.54) is 4.52 Å². The minimum absolute atomic E-state index is 0.168. The first-order valence-electron chi connectivity index (χ1n) is 11.4. The van der Waals surface area contributed by atoms with Crippen LogP contribution in [0.4, 0.5) is 0 Å². The molecular formula is C26H24ClN5O3. The van der Waals surface area contributed by atoms with Crippen LogP contribution in [0.3, 0.4) is 0 Å². The Morgan fingerprint density at radius 2 is 1.77 bits per heavy atom. The number of aromatic nitrogens is 3. The third-order valence-corrected chi connectivity index (χ3v) is 6.28. The molecule has 5 rings (SSSR count). The van der Waals surface area contributed by atoms with Gasteiger partial charge in [-0.05, 0) is 61.7 Å². The van der Waals surface area contributed by atoms with Crippen molar-refractivity contribution in [3.63, 3.8) is 0 Å². The normalized spacial score (nSPS) is 15.9. The maximum absolute atomic E-state index is 13.4. The predicted molar refractivity (Wildman–Crippen MR) is 134 cm³/mol. The average molecular weight is 490 g/mol. The molecule has 8 nitrogen and oxygen atoms in total. The van der Waals surface area contributed by atoms with Crippen molar-refractivity contribution in [1.29, 1.82) is 0 Å². The first kappa shape index (κ1) is 22.9. The van der Waals surface area contributed by atoms with Crippen molar-refractivity contribution >= 4 is 29.1 Å². The summed E-state index contributed by atoms with van der Waals surface area (Å²) in [5.74, 6) is 0.167. The third-order valence-electron chi connectivity index (χ3n) is 6.03. The fourth-order valence-corrected chi connectivity index (χ4v) is 4.24. The molecule has 1 saturated heterocycles.